The number of nitrogens with zero attached hydrogens (tertiary/aromatic N) is 2. The zero-order valence-electron chi connectivity index (χ0n) is 23.2. The van der Waals surface area contributed by atoms with E-state index in [9.17, 15) is 19.2 Å². The van der Waals surface area contributed by atoms with Crippen LogP contribution in [-0.4, -0.2) is 44.3 Å². The normalized spacial score (nSPS) is 22.2. The summed E-state index contributed by atoms with van der Waals surface area (Å²) in [4.78, 5) is 59.2. The summed E-state index contributed by atoms with van der Waals surface area (Å²) in [5.41, 5.74) is 2.61. The lowest BCUT2D eigenvalue weighted by Crippen LogP contribution is -2.34. The van der Waals surface area contributed by atoms with Crippen molar-refractivity contribution in [2.75, 3.05) is 4.90 Å². The number of amides is 2. The highest BCUT2D eigenvalue weighted by Gasteiger charge is 2.52. The van der Waals surface area contributed by atoms with E-state index in [0.717, 1.165) is 0 Å². The third-order valence-electron chi connectivity index (χ3n) is 8.09. The van der Waals surface area contributed by atoms with Gasteiger partial charge in [0.05, 0.1) is 34.3 Å². The van der Waals surface area contributed by atoms with Crippen molar-refractivity contribution in [2.24, 2.45) is 11.8 Å². The molecule has 2 fully saturated rings. The maximum atomic E-state index is 13.5. The quantitative estimate of drug-likeness (QED) is 0.0855. The number of hydrogen-bond donors (Lipinski definition) is 0. The Hall–Kier alpha value is -3.11. The molecule has 11 heteroatoms. The van der Waals surface area contributed by atoms with E-state index in [0.29, 0.717) is 56.3 Å². The van der Waals surface area contributed by atoms with Gasteiger partial charge in [0.25, 0.3) is 0 Å². The van der Waals surface area contributed by atoms with Crippen LogP contribution in [0, 0.1) is 11.8 Å². The number of Topliss-reactive ketones (excluding diaryl/α,β-unsaturated/α-hetero) is 1. The van der Waals surface area contributed by atoms with E-state index in [1.54, 1.807) is 66.7 Å². The van der Waals surface area contributed by atoms with Crippen molar-refractivity contribution in [3.8, 4) is 11.3 Å². The summed E-state index contributed by atoms with van der Waals surface area (Å²) in [5, 5.41) is 1.28. The maximum Gasteiger partial charge on any atom is 0.339 e. The number of pyridine rings is 1. The molecular formula is C33H24Br2Cl2N2O5. The van der Waals surface area contributed by atoms with E-state index >= 15 is 0 Å². The largest absolute Gasteiger partial charge is 0.451 e. The number of carbonyl (C=O) groups excluding carboxylic acids is 4. The van der Waals surface area contributed by atoms with Crippen LogP contribution >= 0.6 is 55.1 Å². The summed E-state index contributed by atoms with van der Waals surface area (Å²) in [6.45, 7) is 1.50. The molecule has 1 aliphatic carbocycles. The Kier molecular flexibility index (Phi) is 8.67. The van der Waals surface area contributed by atoms with Gasteiger partial charge in [0, 0.05) is 36.2 Å². The first kappa shape index (κ1) is 30.9. The molecule has 2 heterocycles. The molecular weight excluding hydrogens is 735 g/mol. The van der Waals surface area contributed by atoms with Crippen molar-refractivity contribution in [1.82, 2.24) is 4.98 Å². The topological polar surface area (TPSA) is 93.6 Å². The molecule has 0 bridgehead atoms. The fraction of sp³-hybridized carbons (Fsp3) is 0.242. The fourth-order valence-electron chi connectivity index (χ4n) is 5.80. The number of ketones is 1. The van der Waals surface area contributed by atoms with Crippen LogP contribution in [0.25, 0.3) is 22.2 Å². The molecule has 1 aromatic heterocycles. The lowest BCUT2D eigenvalue weighted by molar-refractivity contribution is -0.122. The van der Waals surface area contributed by atoms with Crippen LogP contribution < -0.4 is 4.90 Å². The maximum absolute atomic E-state index is 13.5. The summed E-state index contributed by atoms with van der Waals surface area (Å²) >= 11 is 19.5. The summed E-state index contributed by atoms with van der Waals surface area (Å²) in [7, 11) is 0. The molecule has 5 unspecified atom stereocenters. The molecule has 44 heavy (non-hydrogen) atoms. The fourth-order valence-corrected chi connectivity index (χ4v) is 7.40. The minimum absolute atomic E-state index is 0.121. The van der Waals surface area contributed by atoms with E-state index in [1.165, 1.54) is 17.9 Å². The zero-order chi connectivity index (χ0) is 31.3. The third-order valence-corrected chi connectivity index (χ3v) is 11.3. The predicted molar refractivity (Wildman–Crippen MR) is 177 cm³/mol. The number of halogens is 4. The van der Waals surface area contributed by atoms with E-state index in [2.05, 4.69) is 31.9 Å². The van der Waals surface area contributed by atoms with Gasteiger partial charge < -0.3 is 4.74 Å². The van der Waals surface area contributed by atoms with Gasteiger partial charge in [-0.1, -0.05) is 79.3 Å². The van der Waals surface area contributed by atoms with E-state index in [-0.39, 0.29) is 38.9 Å². The number of anilines is 1. The van der Waals surface area contributed by atoms with Crippen molar-refractivity contribution in [1.29, 1.82) is 0 Å². The summed E-state index contributed by atoms with van der Waals surface area (Å²) in [6.07, 6.45) is 0.102. The van der Waals surface area contributed by atoms with Crippen molar-refractivity contribution < 1.29 is 23.9 Å². The average Bonchev–Trinajstić information content (AvgIpc) is 3.24. The zero-order valence-corrected chi connectivity index (χ0v) is 27.9. The van der Waals surface area contributed by atoms with Crippen molar-refractivity contribution in [3.05, 3.63) is 94.0 Å². The lowest BCUT2D eigenvalue weighted by atomic mass is 9.81. The molecule has 1 aliphatic heterocycles. The summed E-state index contributed by atoms with van der Waals surface area (Å²) in [5.74, 6) is -2.19. The van der Waals surface area contributed by atoms with Crippen LogP contribution in [0.1, 0.15) is 40.5 Å². The first-order valence-corrected chi connectivity index (χ1v) is 16.5. The lowest BCUT2D eigenvalue weighted by Gasteiger charge is -2.29. The van der Waals surface area contributed by atoms with E-state index < -0.39 is 17.9 Å². The molecule has 0 N–H and O–H groups in total. The van der Waals surface area contributed by atoms with Gasteiger partial charge in [0.15, 0.2) is 6.10 Å². The van der Waals surface area contributed by atoms with Gasteiger partial charge in [-0.2, -0.15) is 0 Å². The minimum atomic E-state index is -1.08. The average molecular weight is 759 g/mol. The minimum Gasteiger partial charge on any atom is -0.451 e. The number of aromatic nitrogens is 1. The Morgan fingerprint density at radius 2 is 1.52 bits per heavy atom. The molecule has 4 aromatic rings. The van der Waals surface area contributed by atoms with Gasteiger partial charge in [-0.15, -0.1) is 0 Å². The Balaban J connectivity index is 1.29. The van der Waals surface area contributed by atoms with Gasteiger partial charge in [-0.3, -0.25) is 19.3 Å². The number of rotatable bonds is 6. The van der Waals surface area contributed by atoms with Gasteiger partial charge in [-0.25, -0.2) is 9.78 Å². The Morgan fingerprint density at radius 1 is 0.886 bits per heavy atom. The van der Waals surface area contributed by atoms with Crippen LogP contribution in [0.2, 0.25) is 10.0 Å². The molecule has 3 aromatic carbocycles. The van der Waals surface area contributed by atoms with E-state index in [4.69, 9.17) is 32.9 Å². The number of benzene rings is 3. The second kappa shape index (κ2) is 12.4. The molecule has 1 saturated carbocycles. The van der Waals surface area contributed by atoms with E-state index in [1.807, 2.05) is 0 Å². The van der Waals surface area contributed by atoms with Crippen LogP contribution in [0.15, 0.2) is 72.8 Å². The molecule has 6 rings (SSSR count). The van der Waals surface area contributed by atoms with Gasteiger partial charge in [-0.05, 0) is 68.3 Å². The standard InChI is InChI=1S/C33H24Br2Cl2N2O5/c1-16(30(40)18-3-2-4-19(36)11-18)44-33(43)25-15-29(38-28-10-7-20(37)12-22(25)28)17-5-8-21(9-6-17)39-31(41)23-13-26(34)27(35)14-24(23)32(39)42/h2-12,15-16,23-24,26-27H,13-14H2,1H3. The number of alkyl halides is 2. The predicted octanol–water partition coefficient (Wildman–Crippen LogP) is 8.06. The summed E-state index contributed by atoms with van der Waals surface area (Å²) in [6, 6.07) is 19.9. The highest BCUT2D eigenvalue weighted by atomic mass is 79.9. The highest BCUT2D eigenvalue weighted by molar-refractivity contribution is 9.12. The number of hydrogen-bond acceptors (Lipinski definition) is 6. The second-order valence-electron chi connectivity index (χ2n) is 10.9. The monoisotopic (exact) mass is 756 g/mol. The van der Waals surface area contributed by atoms with Crippen LogP contribution in [0.3, 0.4) is 0 Å². The smallest absolute Gasteiger partial charge is 0.339 e. The second-order valence-corrected chi connectivity index (χ2v) is 14.1. The van der Waals surface area contributed by atoms with Crippen molar-refractivity contribution >= 4 is 95.2 Å². The first-order valence-electron chi connectivity index (χ1n) is 13.9. The number of fused-ring (bicyclic) bond motifs is 2. The third kappa shape index (κ3) is 5.83. The van der Waals surface area contributed by atoms with Gasteiger partial charge >= 0.3 is 5.97 Å². The molecule has 0 spiro atoms. The molecule has 224 valence electrons. The number of carbonyl (C=O) groups is 4. The number of imide groups is 1. The molecule has 1 saturated heterocycles. The summed E-state index contributed by atoms with van der Waals surface area (Å²) < 4.78 is 5.61. The van der Waals surface area contributed by atoms with Crippen LogP contribution in [0.4, 0.5) is 5.69 Å². The highest BCUT2D eigenvalue weighted by Crippen LogP contribution is 2.44. The van der Waals surface area contributed by atoms with Gasteiger partial charge in [0.1, 0.15) is 0 Å². The Labute approximate surface area is 280 Å². The molecule has 5 atom stereocenters. The van der Waals surface area contributed by atoms with Crippen LogP contribution in [0.5, 0.6) is 0 Å². The molecule has 7 nitrogen and oxygen atoms in total. The van der Waals surface area contributed by atoms with Crippen molar-refractivity contribution in [2.45, 2.75) is 35.5 Å². The first-order chi connectivity index (χ1) is 21.0. The van der Waals surface area contributed by atoms with Crippen molar-refractivity contribution in [3.63, 3.8) is 0 Å². The number of ether oxygens (including phenoxy) is 1. The SMILES string of the molecule is CC(OC(=O)c1cc(-c2ccc(N3C(=O)C4CC(Br)C(Br)CC4C3=O)cc2)nc2ccc(Cl)cc12)C(=O)c1cccc(Cl)c1. The molecule has 0 radical (unpaired) electrons. The van der Waals surface area contributed by atoms with Gasteiger partial charge in [0.2, 0.25) is 17.6 Å². The van der Waals surface area contributed by atoms with Crippen LogP contribution in [-0.2, 0) is 14.3 Å². The Bertz CT molecular complexity index is 1810. The number of esters is 1. The molecule has 2 aliphatic rings. The molecule has 2 amide bonds. The Morgan fingerprint density at radius 3 is 2.16 bits per heavy atom.